The van der Waals surface area contributed by atoms with Crippen molar-refractivity contribution in [3.8, 4) is 0 Å². The number of benzene rings is 1. The second-order valence-electron chi connectivity index (χ2n) is 10.2. The fourth-order valence-electron chi connectivity index (χ4n) is 5.51. The summed E-state index contributed by atoms with van der Waals surface area (Å²) in [7, 11) is 0. The average Bonchev–Trinajstić information content (AvgIpc) is 3.03. The van der Waals surface area contributed by atoms with Crippen molar-refractivity contribution in [2.24, 2.45) is 11.8 Å². The normalized spacial score (nSPS) is 17.5. The van der Waals surface area contributed by atoms with Gasteiger partial charge in [-0.15, -0.1) is 0 Å². The van der Waals surface area contributed by atoms with Crippen molar-refractivity contribution in [1.82, 2.24) is 0 Å². The van der Waals surface area contributed by atoms with Gasteiger partial charge in [-0.2, -0.15) is 0 Å². The first kappa shape index (κ1) is 26.6. The Bertz CT molecular complexity index is 766. The first-order chi connectivity index (χ1) is 15.2. The van der Waals surface area contributed by atoms with Crippen molar-refractivity contribution >= 4 is 17.5 Å². The number of carbonyl (C=O) groups is 2. The molecule has 1 saturated heterocycles. The largest absolute Gasteiger partial charge is 0.274 e. The number of carbonyl (C=O) groups excluding carboxylic acids is 2. The Labute approximate surface area is 197 Å². The topological polar surface area (TPSA) is 37.4 Å². The van der Waals surface area contributed by atoms with Crippen LogP contribution in [0.3, 0.4) is 0 Å². The zero-order valence-corrected chi connectivity index (χ0v) is 21.9. The quantitative estimate of drug-likeness (QED) is 0.229. The lowest BCUT2D eigenvalue weighted by Crippen LogP contribution is -2.32. The van der Waals surface area contributed by atoms with Crippen molar-refractivity contribution in [2.75, 3.05) is 4.90 Å². The van der Waals surface area contributed by atoms with E-state index in [1.807, 2.05) is 0 Å². The molecule has 0 aromatic heterocycles. The molecule has 2 rings (SSSR count). The molecule has 2 amide bonds. The Balaban J connectivity index is 2.05. The van der Waals surface area contributed by atoms with Gasteiger partial charge in [-0.05, 0) is 74.8 Å². The van der Waals surface area contributed by atoms with Gasteiger partial charge in [0.15, 0.2) is 0 Å². The van der Waals surface area contributed by atoms with Crippen LogP contribution >= 0.6 is 0 Å². The van der Waals surface area contributed by atoms with E-state index >= 15 is 0 Å². The van der Waals surface area contributed by atoms with Crippen LogP contribution in [0.4, 0.5) is 5.69 Å². The SMILES string of the molecule is CCCCCCCCCC(CCC)CC1CC(=O)N(c2c(C)c(C)c(C)c(C)c2C)C1=O. The second kappa shape index (κ2) is 12.6. The molecule has 1 heterocycles. The number of rotatable bonds is 13. The minimum Gasteiger partial charge on any atom is -0.274 e. The van der Waals surface area contributed by atoms with Crippen LogP contribution in [0.1, 0.15) is 119 Å². The van der Waals surface area contributed by atoms with E-state index in [4.69, 9.17) is 0 Å². The molecule has 1 fully saturated rings. The van der Waals surface area contributed by atoms with E-state index in [2.05, 4.69) is 48.5 Å². The van der Waals surface area contributed by atoms with Gasteiger partial charge in [0, 0.05) is 12.3 Å². The van der Waals surface area contributed by atoms with Crippen molar-refractivity contribution in [1.29, 1.82) is 0 Å². The molecular weight excluding hydrogens is 394 g/mol. The van der Waals surface area contributed by atoms with Gasteiger partial charge in [0.25, 0.3) is 0 Å². The summed E-state index contributed by atoms with van der Waals surface area (Å²) in [5.74, 6) is 0.426. The van der Waals surface area contributed by atoms with Crippen LogP contribution in [0.25, 0.3) is 0 Å². The first-order valence-electron chi connectivity index (χ1n) is 13.2. The molecule has 1 aromatic rings. The maximum Gasteiger partial charge on any atom is 0.237 e. The van der Waals surface area contributed by atoms with Crippen molar-refractivity contribution in [3.63, 3.8) is 0 Å². The third-order valence-corrected chi connectivity index (χ3v) is 7.95. The molecule has 1 aliphatic rings. The summed E-state index contributed by atoms with van der Waals surface area (Å²) in [4.78, 5) is 28.0. The molecule has 0 N–H and O–H groups in total. The summed E-state index contributed by atoms with van der Waals surface area (Å²) >= 11 is 0. The number of imide groups is 1. The molecule has 2 atom stereocenters. The van der Waals surface area contributed by atoms with Crippen LogP contribution < -0.4 is 4.90 Å². The van der Waals surface area contributed by atoms with Crippen molar-refractivity contribution in [2.45, 2.75) is 126 Å². The fourth-order valence-corrected chi connectivity index (χ4v) is 5.51. The highest BCUT2D eigenvalue weighted by atomic mass is 16.2. The van der Waals surface area contributed by atoms with E-state index < -0.39 is 0 Å². The van der Waals surface area contributed by atoms with Crippen molar-refractivity contribution < 1.29 is 9.59 Å². The predicted molar refractivity (Wildman–Crippen MR) is 136 cm³/mol. The van der Waals surface area contributed by atoms with Gasteiger partial charge in [0.05, 0.1) is 5.69 Å². The molecule has 2 unspecified atom stereocenters. The molecule has 0 bridgehead atoms. The van der Waals surface area contributed by atoms with Gasteiger partial charge in [0.1, 0.15) is 0 Å². The van der Waals surface area contributed by atoms with Crippen LogP contribution in [-0.4, -0.2) is 11.8 Å². The molecule has 3 heteroatoms. The van der Waals surface area contributed by atoms with E-state index in [9.17, 15) is 9.59 Å². The average molecular weight is 442 g/mol. The van der Waals surface area contributed by atoms with E-state index in [0.29, 0.717) is 12.3 Å². The highest BCUT2D eigenvalue weighted by molar-refractivity contribution is 6.21. The van der Waals surface area contributed by atoms with Crippen LogP contribution in [-0.2, 0) is 9.59 Å². The molecule has 1 aliphatic heterocycles. The number of nitrogens with zero attached hydrogens (tertiary/aromatic N) is 1. The summed E-state index contributed by atoms with van der Waals surface area (Å²) in [6, 6.07) is 0. The second-order valence-corrected chi connectivity index (χ2v) is 10.2. The predicted octanol–water partition coefficient (Wildman–Crippen LogP) is 8.06. The van der Waals surface area contributed by atoms with Gasteiger partial charge >= 0.3 is 0 Å². The summed E-state index contributed by atoms with van der Waals surface area (Å²) < 4.78 is 0. The highest BCUT2D eigenvalue weighted by Crippen LogP contribution is 2.39. The summed E-state index contributed by atoms with van der Waals surface area (Å²) in [5, 5.41) is 0. The number of hydrogen-bond donors (Lipinski definition) is 0. The zero-order valence-electron chi connectivity index (χ0n) is 21.9. The monoisotopic (exact) mass is 441 g/mol. The van der Waals surface area contributed by atoms with Crippen LogP contribution in [0, 0.1) is 46.5 Å². The minimum atomic E-state index is -0.149. The van der Waals surface area contributed by atoms with Crippen molar-refractivity contribution in [3.05, 3.63) is 27.8 Å². The third-order valence-electron chi connectivity index (χ3n) is 7.95. The molecular formula is C29H47NO2. The molecule has 0 spiro atoms. The lowest BCUT2D eigenvalue weighted by Gasteiger charge is -2.25. The number of anilines is 1. The minimum absolute atomic E-state index is 0.0139. The third kappa shape index (κ3) is 6.23. The molecule has 0 radical (unpaired) electrons. The highest BCUT2D eigenvalue weighted by Gasteiger charge is 2.41. The van der Waals surface area contributed by atoms with Crippen LogP contribution in [0.5, 0.6) is 0 Å². The fraction of sp³-hybridized carbons (Fsp3) is 0.724. The molecule has 0 saturated carbocycles. The molecule has 180 valence electrons. The van der Waals surface area contributed by atoms with Gasteiger partial charge < -0.3 is 0 Å². The van der Waals surface area contributed by atoms with E-state index in [1.54, 1.807) is 0 Å². The zero-order chi connectivity index (χ0) is 23.8. The van der Waals surface area contributed by atoms with Crippen LogP contribution in [0.2, 0.25) is 0 Å². The number of hydrogen-bond acceptors (Lipinski definition) is 2. The first-order valence-corrected chi connectivity index (χ1v) is 13.2. The Morgan fingerprint density at radius 1 is 0.719 bits per heavy atom. The van der Waals surface area contributed by atoms with Gasteiger partial charge in [-0.25, -0.2) is 4.90 Å². The molecule has 3 nitrogen and oxygen atoms in total. The lowest BCUT2D eigenvalue weighted by atomic mass is 9.86. The number of unbranched alkanes of at least 4 members (excludes halogenated alkanes) is 6. The van der Waals surface area contributed by atoms with Gasteiger partial charge in [0.2, 0.25) is 11.8 Å². The summed E-state index contributed by atoms with van der Waals surface area (Å²) in [6.07, 6.45) is 14.0. The Morgan fingerprint density at radius 2 is 1.25 bits per heavy atom. The Hall–Kier alpha value is -1.64. The molecule has 0 aliphatic carbocycles. The summed E-state index contributed by atoms with van der Waals surface area (Å²) in [6.45, 7) is 14.9. The maximum absolute atomic E-state index is 13.4. The van der Waals surface area contributed by atoms with Crippen LogP contribution in [0.15, 0.2) is 0 Å². The molecule has 32 heavy (non-hydrogen) atoms. The van der Waals surface area contributed by atoms with E-state index in [1.165, 1.54) is 73.0 Å². The van der Waals surface area contributed by atoms with Gasteiger partial charge in [-0.3, -0.25) is 9.59 Å². The smallest absolute Gasteiger partial charge is 0.237 e. The summed E-state index contributed by atoms with van der Waals surface area (Å²) in [5.41, 5.74) is 6.63. The molecule has 1 aromatic carbocycles. The Morgan fingerprint density at radius 3 is 1.81 bits per heavy atom. The van der Waals surface area contributed by atoms with E-state index in [-0.39, 0.29) is 17.7 Å². The van der Waals surface area contributed by atoms with Gasteiger partial charge in [-0.1, -0.05) is 78.1 Å². The standard InChI is InChI=1S/C29H47NO2/c1-8-10-11-12-13-14-15-17-25(16-9-2)18-26-19-27(31)30(29(26)32)28-23(6)21(4)20(3)22(5)24(28)7/h25-26H,8-19H2,1-7H3. The lowest BCUT2D eigenvalue weighted by molar-refractivity contribution is -0.122. The number of amides is 2. The Kier molecular flexibility index (Phi) is 10.4. The maximum atomic E-state index is 13.4. The van der Waals surface area contributed by atoms with E-state index in [0.717, 1.165) is 36.1 Å².